The summed E-state index contributed by atoms with van der Waals surface area (Å²) in [4.78, 5) is 11.8. The van der Waals surface area contributed by atoms with E-state index in [0.717, 1.165) is 15.0 Å². The molecule has 0 fully saturated rings. The molecule has 2 amide bonds. The van der Waals surface area contributed by atoms with Gasteiger partial charge in [-0.15, -0.1) is 11.3 Å². The number of primary amides is 1. The normalized spacial score (nSPS) is 12.6. The molecule has 1 unspecified atom stereocenters. The zero-order valence-electron chi connectivity index (χ0n) is 9.68. The second-order valence-corrected chi connectivity index (χ2v) is 5.16. The molecular formula is C12H14N2O2S. The van der Waals surface area contributed by atoms with Crippen molar-refractivity contribution in [2.75, 3.05) is 0 Å². The van der Waals surface area contributed by atoms with Crippen molar-refractivity contribution < 1.29 is 10.0 Å². The summed E-state index contributed by atoms with van der Waals surface area (Å²) in [5.74, 6) is 0. The lowest BCUT2D eigenvalue weighted by Crippen LogP contribution is -2.34. The van der Waals surface area contributed by atoms with Gasteiger partial charge in [-0.3, -0.25) is 5.21 Å². The maximum absolute atomic E-state index is 10.9. The van der Waals surface area contributed by atoms with Crippen LogP contribution in [0.3, 0.4) is 0 Å². The minimum absolute atomic E-state index is 0.426. The highest BCUT2D eigenvalue weighted by molar-refractivity contribution is 7.19. The fourth-order valence-corrected chi connectivity index (χ4v) is 2.78. The average Bonchev–Trinajstić information content (AvgIpc) is 2.69. The van der Waals surface area contributed by atoms with Crippen LogP contribution in [0.25, 0.3) is 10.1 Å². The molecular weight excluding hydrogens is 236 g/mol. The molecule has 1 atom stereocenters. The van der Waals surface area contributed by atoms with Gasteiger partial charge in [0.1, 0.15) is 0 Å². The number of aryl methyl sites for hydroxylation is 1. The number of benzene rings is 1. The molecule has 3 N–H and O–H groups in total. The van der Waals surface area contributed by atoms with Crippen LogP contribution in [0, 0.1) is 6.92 Å². The number of hydroxylamine groups is 2. The number of nitrogens with two attached hydrogens (primary N) is 1. The lowest BCUT2D eigenvalue weighted by molar-refractivity contribution is -0.0700. The fourth-order valence-electron chi connectivity index (χ4n) is 1.70. The molecule has 0 aliphatic heterocycles. The van der Waals surface area contributed by atoms with Crippen molar-refractivity contribution in [2.45, 2.75) is 19.9 Å². The Morgan fingerprint density at radius 3 is 2.82 bits per heavy atom. The van der Waals surface area contributed by atoms with Gasteiger partial charge in [-0.25, -0.2) is 4.79 Å². The van der Waals surface area contributed by atoms with Crippen molar-refractivity contribution in [2.24, 2.45) is 5.73 Å². The quantitative estimate of drug-likeness (QED) is 0.635. The third kappa shape index (κ3) is 2.25. The zero-order chi connectivity index (χ0) is 12.6. The smallest absolute Gasteiger partial charge is 0.339 e. The number of fused-ring (bicyclic) bond motifs is 1. The summed E-state index contributed by atoms with van der Waals surface area (Å²) in [6.07, 6.45) is 0. The van der Waals surface area contributed by atoms with Crippen molar-refractivity contribution in [3.63, 3.8) is 0 Å². The number of urea groups is 1. The highest BCUT2D eigenvalue weighted by Gasteiger charge is 2.19. The van der Waals surface area contributed by atoms with Gasteiger partial charge >= 0.3 is 6.03 Å². The molecule has 17 heavy (non-hydrogen) atoms. The number of thiophene rings is 1. The largest absolute Gasteiger partial charge is 0.350 e. The fraction of sp³-hybridized carbons (Fsp3) is 0.250. The van der Waals surface area contributed by atoms with E-state index in [1.807, 2.05) is 25.1 Å². The minimum Gasteiger partial charge on any atom is -0.350 e. The Morgan fingerprint density at radius 2 is 2.18 bits per heavy atom. The summed E-state index contributed by atoms with van der Waals surface area (Å²) in [6.45, 7) is 3.77. The van der Waals surface area contributed by atoms with E-state index in [9.17, 15) is 10.0 Å². The second-order valence-electron chi connectivity index (χ2n) is 4.05. The Balaban J connectivity index is 2.39. The number of hydrogen-bond acceptors (Lipinski definition) is 3. The number of carbonyl (C=O) groups excluding carboxylic acids is 1. The molecule has 4 nitrogen and oxygen atoms in total. The average molecular weight is 250 g/mol. The molecule has 5 heteroatoms. The van der Waals surface area contributed by atoms with Crippen molar-refractivity contribution in [3.05, 3.63) is 34.7 Å². The first-order chi connectivity index (χ1) is 7.99. The summed E-state index contributed by atoms with van der Waals surface area (Å²) in [5.41, 5.74) is 6.22. The van der Waals surface area contributed by atoms with Crippen LogP contribution in [0.5, 0.6) is 0 Å². The van der Waals surface area contributed by atoms with Crippen LogP contribution >= 0.6 is 11.3 Å². The first kappa shape index (κ1) is 11.9. The van der Waals surface area contributed by atoms with E-state index in [1.54, 1.807) is 18.3 Å². The second kappa shape index (κ2) is 4.35. The van der Waals surface area contributed by atoms with Crippen LogP contribution in [0.2, 0.25) is 0 Å². The van der Waals surface area contributed by atoms with Crippen LogP contribution in [0.4, 0.5) is 4.79 Å². The number of carbonyl (C=O) groups is 1. The van der Waals surface area contributed by atoms with Crippen molar-refractivity contribution in [3.8, 4) is 0 Å². The van der Waals surface area contributed by atoms with Gasteiger partial charge in [0.05, 0.1) is 6.04 Å². The van der Waals surface area contributed by atoms with E-state index < -0.39 is 12.1 Å². The Labute approximate surface area is 103 Å². The predicted molar refractivity (Wildman–Crippen MR) is 68.2 cm³/mol. The molecule has 0 saturated carbocycles. The summed E-state index contributed by atoms with van der Waals surface area (Å²) < 4.78 is 1.13. The van der Waals surface area contributed by atoms with Crippen LogP contribution in [0.1, 0.15) is 23.4 Å². The summed E-state index contributed by atoms with van der Waals surface area (Å²) >= 11 is 1.55. The van der Waals surface area contributed by atoms with Gasteiger partial charge < -0.3 is 5.73 Å². The minimum atomic E-state index is -0.842. The van der Waals surface area contributed by atoms with Gasteiger partial charge in [-0.1, -0.05) is 17.7 Å². The van der Waals surface area contributed by atoms with Crippen LogP contribution < -0.4 is 5.73 Å². The first-order valence-corrected chi connectivity index (χ1v) is 6.08. The first-order valence-electron chi connectivity index (χ1n) is 5.26. The van der Waals surface area contributed by atoms with Gasteiger partial charge in [0, 0.05) is 9.58 Å². The standard InChI is InChI=1S/C12H14N2O2S/c1-7-3-4-10-9(5-7)6-11(17-10)8(2)14(16)12(13)15/h3-6,8,16H,1-2H3,(H2,13,15). The van der Waals surface area contributed by atoms with Crippen LogP contribution in [-0.2, 0) is 0 Å². The topological polar surface area (TPSA) is 66.6 Å². The number of nitrogens with zero attached hydrogens (tertiary/aromatic N) is 1. The molecule has 0 spiro atoms. The molecule has 0 bridgehead atoms. The molecule has 2 aromatic rings. The zero-order valence-corrected chi connectivity index (χ0v) is 10.5. The molecule has 90 valence electrons. The van der Waals surface area contributed by atoms with Gasteiger partial charge in [-0.05, 0) is 31.4 Å². The van der Waals surface area contributed by atoms with Gasteiger partial charge in [0.2, 0.25) is 0 Å². The van der Waals surface area contributed by atoms with Gasteiger partial charge in [0.25, 0.3) is 0 Å². The molecule has 0 saturated heterocycles. The third-order valence-corrected chi connectivity index (χ3v) is 3.98. The van der Waals surface area contributed by atoms with E-state index in [2.05, 4.69) is 6.07 Å². The highest BCUT2D eigenvalue weighted by Crippen LogP contribution is 2.32. The number of rotatable bonds is 2. The molecule has 0 aliphatic rings. The lowest BCUT2D eigenvalue weighted by Gasteiger charge is -2.18. The molecule has 2 rings (SSSR count). The van der Waals surface area contributed by atoms with Crippen molar-refractivity contribution >= 4 is 27.5 Å². The monoisotopic (exact) mass is 250 g/mol. The maximum atomic E-state index is 10.9. The maximum Gasteiger partial charge on any atom is 0.339 e. The molecule has 0 radical (unpaired) electrons. The summed E-state index contributed by atoms with van der Waals surface area (Å²) in [5, 5.41) is 11.2. The van der Waals surface area contributed by atoms with Crippen molar-refractivity contribution in [1.29, 1.82) is 0 Å². The molecule has 1 aromatic heterocycles. The van der Waals surface area contributed by atoms with E-state index in [-0.39, 0.29) is 0 Å². The van der Waals surface area contributed by atoms with Crippen molar-refractivity contribution in [1.82, 2.24) is 5.06 Å². The third-order valence-electron chi connectivity index (χ3n) is 2.70. The van der Waals surface area contributed by atoms with Crippen LogP contribution in [0.15, 0.2) is 24.3 Å². The predicted octanol–water partition coefficient (Wildman–Crippen LogP) is 3.04. The van der Waals surface area contributed by atoms with Gasteiger partial charge in [0.15, 0.2) is 0 Å². The van der Waals surface area contributed by atoms with E-state index in [0.29, 0.717) is 5.06 Å². The number of amides is 2. The Kier molecular flexibility index (Phi) is 3.04. The SMILES string of the molecule is Cc1ccc2sc(C(C)N(O)C(N)=O)cc2c1. The van der Waals surface area contributed by atoms with E-state index in [1.165, 1.54) is 5.56 Å². The Morgan fingerprint density at radius 1 is 1.47 bits per heavy atom. The van der Waals surface area contributed by atoms with E-state index in [4.69, 9.17) is 5.73 Å². The highest BCUT2D eigenvalue weighted by atomic mass is 32.1. The Bertz CT molecular complexity index is 565. The molecule has 0 aliphatic carbocycles. The van der Waals surface area contributed by atoms with E-state index >= 15 is 0 Å². The molecule has 1 aromatic carbocycles. The van der Waals surface area contributed by atoms with Crippen LogP contribution in [-0.4, -0.2) is 16.3 Å². The lowest BCUT2D eigenvalue weighted by atomic mass is 10.1. The summed E-state index contributed by atoms with van der Waals surface area (Å²) in [7, 11) is 0. The Hall–Kier alpha value is -1.59. The van der Waals surface area contributed by atoms with Gasteiger partial charge in [-0.2, -0.15) is 5.06 Å². The molecule has 1 heterocycles. The summed E-state index contributed by atoms with van der Waals surface area (Å²) in [6, 6.07) is 6.87. The number of hydrogen-bond donors (Lipinski definition) is 2.